The summed E-state index contributed by atoms with van der Waals surface area (Å²) in [6.07, 6.45) is 4.86. The Morgan fingerprint density at radius 2 is 2.11 bits per heavy atom. The Hall–Kier alpha value is -2.97. The number of amides is 2. The van der Waals surface area contributed by atoms with E-state index in [1.54, 1.807) is 16.0 Å². The van der Waals surface area contributed by atoms with Crippen LogP contribution in [0.3, 0.4) is 0 Å². The predicted molar refractivity (Wildman–Crippen MR) is 98.7 cm³/mol. The summed E-state index contributed by atoms with van der Waals surface area (Å²) in [4.78, 5) is 41.4. The number of carbonyl (C=O) groups is 2. The summed E-state index contributed by atoms with van der Waals surface area (Å²) in [5.41, 5.74) is 1.41. The molecule has 1 N–H and O–H groups in total. The number of likely N-dealkylation sites (tertiary alicyclic amines) is 1. The second-order valence-corrected chi connectivity index (χ2v) is 7.10. The van der Waals surface area contributed by atoms with Crippen LogP contribution in [0.5, 0.6) is 0 Å². The first kappa shape index (κ1) is 18.8. The average molecular weight is 372 g/mol. The fourth-order valence-electron chi connectivity index (χ4n) is 3.07. The molecule has 144 valence electrons. The van der Waals surface area contributed by atoms with Gasteiger partial charge in [-0.3, -0.25) is 9.59 Å². The van der Waals surface area contributed by atoms with Gasteiger partial charge in [-0.15, -0.1) is 0 Å². The molecule has 0 aliphatic carbocycles. The Labute approximate surface area is 157 Å². The molecule has 1 saturated heterocycles. The number of hydrogen-bond acceptors (Lipinski definition) is 7. The molecule has 9 nitrogen and oxygen atoms in total. The van der Waals surface area contributed by atoms with Crippen LogP contribution in [0.1, 0.15) is 52.7 Å². The van der Waals surface area contributed by atoms with E-state index in [0.29, 0.717) is 30.3 Å². The molecule has 2 aromatic heterocycles. The van der Waals surface area contributed by atoms with Crippen LogP contribution in [0.4, 0.5) is 5.95 Å². The van der Waals surface area contributed by atoms with Gasteiger partial charge in [0, 0.05) is 45.3 Å². The zero-order valence-corrected chi connectivity index (χ0v) is 16.0. The zero-order chi connectivity index (χ0) is 19.6. The Balaban J connectivity index is 1.87. The van der Waals surface area contributed by atoms with Crippen molar-refractivity contribution in [3.8, 4) is 0 Å². The van der Waals surface area contributed by atoms with Crippen LogP contribution in [0, 0.1) is 0 Å². The standard InChI is InChI=1S/C18H24N6O3/c1-11(2)21-16(25)13-7-19-18(23(3)4)22-15(13)12-5-6-24(8-12)17(26)14-9-27-10-20-14/h7,9-12H,5-6,8H2,1-4H3,(H,21,25). The summed E-state index contributed by atoms with van der Waals surface area (Å²) >= 11 is 0. The molecule has 9 heteroatoms. The molecule has 3 rings (SSSR count). The van der Waals surface area contributed by atoms with Crippen LogP contribution in [0.2, 0.25) is 0 Å². The van der Waals surface area contributed by atoms with Crippen molar-refractivity contribution in [2.24, 2.45) is 0 Å². The highest BCUT2D eigenvalue weighted by molar-refractivity contribution is 5.95. The third-order valence-corrected chi connectivity index (χ3v) is 4.38. The van der Waals surface area contributed by atoms with E-state index in [1.807, 2.05) is 27.9 Å². The summed E-state index contributed by atoms with van der Waals surface area (Å²) in [6, 6.07) is 0.00712. The third kappa shape index (κ3) is 4.07. The molecular formula is C18H24N6O3. The number of nitrogens with zero attached hydrogens (tertiary/aromatic N) is 5. The van der Waals surface area contributed by atoms with Gasteiger partial charge in [-0.05, 0) is 20.3 Å². The van der Waals surface area contributed by atoms with Gasteiger partial charge in [-0.1, -0.05) is 0 Å². The van der Waals surface area contributed by atoms with Gasteiger partial charge in [0.1, 0.15) is 6.26 Å². The van der Waals surface area contributed by atoms with Crippen molar-refractivity contribution in [1.29, 1.82) is 0 Å². The molecule has 3 heterocycles. The molecule has 1 fully saturated rings. The Kier molecular flexibility index (Phi) is 5.38. The zero-order valence-electron chi connectivity index (χ0n) is 16.0. The van der Waals surface area contributed by atoms with Crippen LogP contribution in [0.25, 0.3) is 0 Å². The fourth-order valence-corrected chi connectivity index (χ4v) is 3.07. The maximum Gasteiger partial charge on any atom is 0.275 e. The normalized spacial score (nSPS) is 16.6. The molecule has 2 amide bonds. The maximum absolute atomic E-state index is 12.6. The monoisotopic (exact) mass is 372 g/mol. The van der Waals surface area contributed by atoms with Gasteiger partial charge in [0.2, 0.25) is 5.95 Å². The first-order valence-corrected chi connectivity index (χ1v) is 8.89. The highest BCUT2D eigenvalue weighted by atomic mass is 16.3. The van der Waals surface area contributed by atoms with Crippen LogP contribution < -0.4 is 10.2 Å². The molecule has 0 radical (unpaired) electrons. The third-order valence-electron chi connectivity index (χ3n) is 4.38. The summed E-state index contributed by atoms with van der Waals surface area (Å²) in [5, 5.41) is 2.89. The van der Waals surface area contributed by atoms with Gasteiger partial charge in [-0.25, -0.2) is 15.0 Å². The van der Waals surface area contributed by atoms with E-state index >= 15 is 0 Å². The molecule has 0 bridgehead atoms. The van der Waals surface area contributed by atoms with E-state index in [0.717, 1.165) is 6.42 Å². The Morgan fingerprint density at radius 3 is 2.74 bits per heavy atom. The first-order chi connectivity index (χ1) is 12.9. The molecule has 1 atom stereocenters. The van der Waals surface area contributed by atoms with Crippen molar-refractivity contribution in [2.45, 2.75) is 32.2 Å². The van der Waals surface area contributed by atoms with Crippen LogP contribution >= 0.6 is 0 Å². The highest BCUT2D eigenvalue weighted by Gasteiger charge is 2.33. The number of nitrogens with one attached hydrogen (secondary N) is 1. The molecule has 27 heavy (non-hydrogen) atoms. The van der Waals surface area contributed by atoms with E-state index < -0.39 is 0 Å². The van der Waals surface area contributed by atoms with Gasteiger partial charge in [0.15, 0.2) is 12.1 Å². The number of hydrogen-bond donors (Lipinski definition) is 1. The van der Waals surface area contributed by atoms with Crippen molar-refractivity contribution in [3.05, 3.63) is 35.8 Å². The summed E-state index contributed by atoms with van der Waals surface area (Å²) < 4.78 is 4.90. The second-order valence-electron chi connectivity index (χ2n) is 7.10. The smallest absolute Gasteiger partial charge is 0.275 e. The van der Waals surface area contributed by atoms with Crippen LogP contribution in [0.15, 0.2) is 23.3 Å². The van der Waals surface area contributed by atoms with Gasteiger partial charge in [0.05, 0.1) is 11.3 Å². The van der Waals surface area contributed by atoms with E-state index in [2.05, 4.69) is 20.3 Å². The lowest BCUT2D eigenvalue weighted by atomic mass is 9.99. The van der Waals surface area contributed by atoms with E-state index in [1.165, 1.54) is 12.7 Å². The van der Waals surface area contributed by atoms with Crippen molar-refractivity contribution in [1.82, 2.24) is 25.2 Å². The molecule has 1 aliphatic rings. The highest BCUT2D eigenvalue weighted by Crippen LogP contribution is 2.30. The van der Waals surface area contributed by atoms with Crippen molar-refractivity contribution < 1.29 is 14.0 Å². The first-order valence-electron chi connectivity index (χ1n) is 8.89. The van der Waals surface area contributed by atoms with E-state index in [9.17, 15) is 9.59 Å². The molecule has 0 saturated carbocycles. The number of rotatable bonds is 5. The second kappa shape index (κ2) is 7.73. The minimum absolute atomic E-state index is 0.00712. The van der Waals surface area contributed by atoms with Gasteiger partial charge in [0.25, 0.3) is 11.8 Å². The van der Waals surface area contributed by atoms with Crippen LogP contribution in [-0.2, 0) is 0 Å². The average Bonchev–Trinajstić information content (AvgIpc) is 3.32. The lowest BCUT2D eigenvalue weighted by Gasteiger charge is -2.19. The SMILES string of the molecule is CC(C)NC(=O)c1cnc(N(C)C)nc1C1CCN(C(=O)c2cocn2)C1. The number of anilines is 1. The van der Waals surface area contributed by atoms with Crippen molar-refractivity contribution >= 4 is 17.8 Å². The van der Waals surface area contributed by atoms with Crippen molar-refractivity contribution in [3.63, 3.8) is 0 Å². The Morgan fingerprint density at radius 1 is 1.33 bits per heavy atom. The minimum atomic E-state index is -0.202. The predicted octanol–water partition coefficient (Wildman–Crippen LogP) is 1.30. The molecule has 0 aromatic carbocycles. The van der Waals surface area contributed by atoms with Gasteiger partial charge >= 0.3 is 0 Å². The number of aromatic nitrogens is 3. The fraction of sp³-hybridized carbons (Fsp3) is 0.500. The van der Waals surface area contributed by atoms with E-state index in [4.69, 9.17) is 4.42 Å². The molecule has 0 spiro atoms. The lowest BCUT2D eigenvalue weighted by Crippen LogP contribution is -2.32. The molecule has 1 aliphatic heterocycles. The summed E-state index contributed by atoms with van der Waals surface area (Å²) in [5.74, 6) is 0.107. The van der Waals surface area contributed by atoms with E-state index in [-0.39, 0.29) is 29.5 Å². The quantitative estimate of drug-likeness (QED) is 0.843. The summed E-state index contributed by atoms with van der Waals surface area (Å²) in [7, 11) is 3.70. The minimum Gasteiger partial charge on any atom is -0.451 e. The Bertz CT molecular complexity index is 819. The number of carbonyl (C=O) groups excluding carboxylic acids is 2. The van der Waals surface area contributed by atoms with Crippen LogP contribution in [-0.4, -0.2) is 64.9 Å². The van der Waals surface area contributed by atoms with Crippen molar-refractivity contribution in [2.75, 3.05) is 32.1 Å². The maximum atomic E-state index is 12.6. The summed E-state index contributed by atoms with van der Waals surface area (Å²) in [6.45, 7) is 4.85. The van der Waals surface area contributed by atoms with Gasteiger partial charge < -0.3 is 19.5 Å². The van der Waals surface area contributed by atoms with Gasteiger partial charge in [-0.2, -0.15) is 0 Å². The lowest BCUT2D eigenvalue weighted by molar-refractivity contribution is 0.0785. The molecular weight excluding hydrogens is 348 g/mol. The largest absolute Gasteiger partial charge is 0.451 e. The molecule has 2 aromatic rings. The topological polar surface area (TPSA) is 104 Å². The number of oxazole rings is 1. The molecule has 1 unspecified atom stereocenters.